The van der Waals surface area contributed by atoms with Crippen LogP contribution < -0.4 is 5.32 Å². The van der Waals surface area contributed by atoms with Gasteiger partial charge in [0.2, 0.25) is 0 Å². The van der Waals surface area contributed by atoms with E-state index in [0.29, 0.717) is 6.04 Å². The van der Waals surface area contributed by atoms with Gasteiger partial charge in [-0.3, -0.25) is 4.90 Å². The first-order chi connectivity index (χ1) is 9.97. The minimum Gasteiger partial charge on any atom is -0.395 e. The van der Waals surface area contributed by atoms with E-state index < -0.39 is 0 Å². The van der Waals surface area contributed by atoms with E-state index in [2.05, 4.69) is 62.2 Å². The summed E-state index contributed by atoms with van der Waals surface area (Å²) in [6.07, 6.45) is 1.10. The molecule has 21 heavy (non-hydrogen) atoms. The molecule has 1 atom stereocenters. The van der Waals surface area contributed by atoms with Gasteiger partial charge in [-0.1, -0.05) is 58.0 Å². The largest absolute Gasteiger partial charge is 0.395 e. The molecule has 0 saturated carbocycles. The standard InChI is InChI=1S/C18H32N2O/c1-5-19-17(18(2,3)4)11-12-20(13-14-21)15-16-9-7-6-8-10-16/h6-10,17,19,21H,5,11-15H2,1-4H3. The molecule has 0 aliphatic rings. The van der Waals surface area contributed by atoms with Crippen LogP contribution in [0.25, 0.3) is 0 Å². The fourth-order valence-corrected chi connectivity index (χ4v) is 2.65. The van der Waals surface area contributed by atoms with E-state index in [9.17, 15) is 5.11 Å². The van der Waals surface area contributed by atoms with Gasteiger partial charge >= 0.3 is 0 Å². The van der Waals surface area contributed by atoms with Crippen molar-refractivity contribution in [3.05, 3.63) is 35.9 Å². The lowest BCUT2D eigenvalue weighted by Crippen LogP contribution is -2.43. The van der Waals surface area contributed by atoms with E-state index >= 15 is 0 Å². The number of aliphatic hydroxyl groups excluding tert-OH is 1. The van der Waals surface area contributed by atoms with Crippen molar-refractivity contribution >= 4 is 0 Å². The third kappa shape index (κ3) is 7.07. The van der Waals surface area contributed by atoms with Gasteiger partial charge in [0.25, 0.3) is 0 Å². The molecule has 2 N–H and O–H groups in total. The summed E-state index contributed by atoms with van der Waals surface area (Å²) in [6, 6.07) is 11.0. The van der Waals surface area contributed by atoms with Gasteiger partial charge in [-0.25, -0.2) is 0 Å². The van der Waals surface area contributed by atoms with Crippen molar-refractivity contribution in [2.24, 2.45) is 5.41 Å². The van der Waals surface area contributed by atoms with Gasteiger partial charge in [-0.2, -0.15) is 0 Å². The maximum absolute atomic E-state index is 9.29. The fraction of sp³-hybridized carbons (Fsp3) is 0.667. The van der Waals surface area contributed by atoms with Gasteiger partial charge in [0.1, 0.15) is 0 Å². The molecular weight excluding hydrogens is 260 g/mol. The number of hydrogen-bond donors (Lipinski definition) is 2. The van der Waals surface area contributed by atoms with E-state index in [1.165, 1.54) is 5.56 Å². The summed E-state index contributed by atoms with van der Waals surface area (Å²) in [6.45, 7) is 12.9. The smallest absolute Gasteiger partial charge is 0.0558 e. The minimum atomic E-state index is 0.216. The zero-order valence-corrected chi connectivity index (χ0v) is 14.1. The number of hydrogen-bond acceptors (Lipinski definition) is 3. The Balaban J connectivity index is 2.57. The molecule has 0 heterocycles. The Morgan fingerprint density at radius 3 is 2.33 bits per heavy atom. The predicted octanol–water partition coefficient (Wildman–Crippen LogP) is 2.90. The molecule has 0 aromatic heterocycles. The van der Waals surface area contributed by atoms with Crippen LogP contribution in [0.1, 0.15) is 39.7 Å². The highest BCUT2D eigenvalue weighted by Gasteiger charge is 2.23. The quantitative estimate of drug-likeness (QED) is 0.734. The number of nitrogens with zero attached hydrogens (tertiary/aromatic N) is 1. The molecule has 1 rings (SSSR count). The first kappa shape index (κ1) is 18.1. The van der Waals surface area contributed by atoms with Crippen LogP contribution in [-0.4, -0.2) is 42.3 Å². The van der Waals surface area contributed by atoms with E-state index in [1.54, 1.807) is 0 Å². The van der Waals surface area contributed by atoms with Crippen molar-refractivity contribution < 1.29 is 5.11 Å². The Kier molecular flexibility index (Phi) is 7.94. The molecule has 1 aromatic carbocycles. The second-order valence-electron chi connectivity index (χ2n) is 6.75. The zero-order valence-electron chi connectivity index (χ0n) is 14.1. The molecule has 0 saturated heterocycles. The summed E-state index contributed by atoms with van der Waals surface area (Å²) in [5.41, 5.74) is 1.56. The Hall–Kier alpha value is -0.900. The lowest BCUT2D eigenvalue weighted by atomic mass is 9.84. The molecule has 3 heteroatoms. The van der Waals surface area contributed by atoms with Gasteiger partial charge < -0.3 is 10.4 Å². The van der Waals surface area contributed by atoms with E-state index in [1.807, 2.05) is 6.07 Å². The molecule has 3 nitrogen and oxygen atoms in total. The van der Waals surface area contributed by atoms with Crippen molar-refractivity contribution in [2.75, 3.05) is 26.2 Å². The highest BCUT2D eigenvalue weighted by Crippen LogP contribution is 2.22. The number of rotatable bonds is 9. The third-order valence-electron chi connectivity index (χ3n) is 3.90. The van der Waals surface area contributed by atoms with Crippen LogP contribution in [-0.2, 0) is 6.54 Å². The SMILES string of the molecule is CCNC(CCN(CCO)Cc1ccccc1)C(C)(C)C. The average Bonchev–Trinajstić information content (AvgIpc) is 2.43. The molecule has 0 aliphatic carbocycles. The number of benzene rings is 1. The normalized spacial score (nSPS) is 13.6. The summed E-state index contributed by atoms with van der Waals surface area (Å²) in [5.74, 6) is 0. The van der Waals surface area contributed by atoms with Gasteiger partial charge in [0, 0.05) is 25.7 Å². The van der Waals surface area contributed by atoms with Crippen molar-refractivity contribution in [1.29, 1.82) is 0 Å². The van der Waals surface area contributed by atoms with Crippen molar-refractivity contribution in [1.82, 2.24) is 10.2 Å². The lowest BCUT2D eigenvalue weighted by molar-refractivity contribution is 0.166. The summed E-state index contributed by atoms with van der Waals surface area (Å²) in [5, 5.41) is 12.9. The lowest BCUT2D eigenvalue weighted by Gasteiger charge is -2.33. The van der Waals surface area contributed by atoms with Crippen LogP contribution in [0, 0.1) is 5.41 Å². The first-order valence-corrected chi connectivity index (χ1v) is 8.08. The zero-order chi connectivity index (χ0) is 15.7. The summed E-state index contributed by atoms with van der Waals surface area (Å²) in [7, 11) is 0. The van der Waals surface area contributed by atoms with Crippen LogP contribution >= 0.6 is 0 Å². The minimum absolute atomic E-state index is 0.216. The second-order valence-corrected chi connectivity index (χ2v) is 6.75. The highest BCUT2D eigenvalue weighted by molar-refractivity contribution is 5.14. The molecule has 0 aliphatic heterocycles. The number of aliphatic hydroxyl groups is 1. The van der Waals surface area contributed by atoms with Gasteiger partial charge in [-0.05, 0) is 23.9 Å². The van der Waals surface area contributed by atoms with Gasteiger partial charge in [0.15, 0.2) is 0 Å². The Bertz CT molecular complexity index is 373. The van der Waals surface area contributed by atoms with Crippen LogP contribution in [0.2, 0.25) is 0 Å². The fourth-order valence-electron chi connectivity index (χ4n) is 2.65. The second kappa shape index (κ2) is 9.19. The Morgan fingerprint density at radius 1 is 1.14 bits per heavy atom. The average molecular weight is 292 g/mol. The van der Waals surface area contributed by atoms with Gasteiger partial charge in [0.05, 0.1) is 6.61 Å². The first-order valence-electron chi connectivity index (χ1n) is 8.08. The summed E-state index contributed by atoms with van der Waals surface area (Å²) in [4.78, 5) is 2.34. The third-order valence-corrected chi connectivity index (χ3v) is 3.90. The van der Waals surface area contributed by atoms with Crippen molar-refractivity contribution in [3.8, 4) is 0 Å². The van der Waals surface area contributed by atoms with Crippen LogP contribution in [0.4, 0.5) is 0 Å². The van der Waals surface area contributed by atoms with Crippen molar-refractivity contribution in [2.45, 2.75) is 46.7 Å². The van der Waals surface area contributed by atoms with E-state index in [-0.39, 0.29) is 12.0 Å². The summed E-state index contributed by atoms with van der Waals surface area (Å²) >= 11 is 0. The molecule has 0 fully saturated rings. The van der Waals surface area contributed by atoms with E-state index in [4.69, 9.17) is 0 Å². The van der Waals surface area contributed by atoms with E-state index in [0.717, 1.165) is 32.6 Å². The Labute approximate surface area is 130 Å². The predicted molar refractivity (Wildman–Crippen MR) is 90.3 cm³/mol. The monoisotopic (exact) mass is 292 g/mol. The summed E-state index contributed by atoms with van der Waals surface area (Å²) < 4.78 is 0. The molecule has 0 amide bonds. The van der Waals surface area contributed by atoms with Crippen LogP contribution in [0.5, 0.6) is 0 Å². The molecular formula is C18H32N2O. The molecule has 120 valence electrons. The molecule has 0 radical (unpaired) electrons. The van der Waals surface area contributed by atoms with Crippen LogP contribution in [0.15, 0.2) is 30.3 Å². The number of nitrogens with one attached hydrogen (secondary N) is 1. The molecule has 1 aromatic rings. The highest BCUT2D eigenvalue weighted by atomic mass is 16.3. The maximum atomic E-state index is 9.29. The van der Waals surface area contributed by atoms with Gasteiger partial charge in [-0.15, -0.1) is 0 Å². The van der Waals surface area contributed by atoms with Crippen molar-refractivity contribution in [3.63, 3.8) is 0 Å². The molecule has 1 unspecified atom stereocenters. The Morgan fingerprint density at radius 2 is 1.81 bits per heavy atom. The maximum Gasteiger partial charge on any atom is 0.0558 e. The molecule has 0 spiro atoms. The topological polar surface area (TPSA) is 35.5 Å². The van der Waals surface area contributed by atoms with Crippen LogP contribution in [0.3, 0.4) is 0 Å². The molecule has 0 bridgehead atoms.